The van der Waals surface area contributed by atoms with Crippen molar-refractivity contribution in [2.45, 2.75) is 32.2 Å². The van der Waals surface area contributed by atoms with E-state index in [0.29, 0.717) is 0 Å². The van der Waals surface area contributed by atoms with E-state index in [2.05, 4.69) is 25.9 Å². The van der Waals surface area contributed by atoms with E-state index in [1.54, 1.807) is 0 Å². The highest BCUT2D eigenvalue weighted by Gasteiger charge is 2.30. The third-order valence-corrected chi connectivity index (χ3v) is 2.25. The van der Waals surface area contributed by atoms with E-state index in [1.807, 2.05) is 0 Å². The Morgan fingerprint density at radius 3 is 2.11 bits per heavy atom. The lowest BCUT2D eigenvalue weighted by Crippen LogP contribution is -2.28. The quantitative estimate of drug-likeness (QED) is 0.558. The van der Waals surface area contributed by atoms with Gasteiger partial charge in [0.25, 0.3) is 0 Å². The van der Waals surface area contributed by atoms with E-state index in [1.165, 1.54) is 19.3 Å². The highest BCUT2D eigenvalue weighted by Crippen LogP contribution is 2.35. The molecule has 9 heavy (non-hydrogen) atoms. The summed E-state index contributed by atoms with van der Waals surface area (Å²) in [6, 6.07) is 0.866. The molecule has 0 amide bonds. The SMILES string of the molecule is CC[C@@H](C1CC1)N(C)C. The first-order valence-corrected chi connectivity index (χ1v) is 3.92. The van der Waals surface area contributed by atoms with E-state index in [9.17, 15) is 0 Å². The van der Waals surface area contributed by atoms with Crippen LogP contribution in [0.5, 0.6) is 0 Å². The minimum Gasteiger partial charge on any atom is -0.306 e. The first kappa shape index (κ1) is 7.07. The lowest BCUT2D eigenvalue weighted by Gasteiger charge is -2.21. The molecule has 0 aliphatic heterocycles. The van der Waals surface area contributed by atoms with Crippen molar-refractivity contribution in [2.75, 3.05) is 14.1 Å². The first-order chi connectivity index (χ1) is 4.25. The van der Waals surface area contributed by atoms with Crippen molar-refractivity contribution in [3.8, 4) is 0 Å². The van der Waals surface area contributed by atoms with Gasteiger partial charge >= 0.3 is 0 Å². The second kappa shape index (κ2) is 2.70. The van der Waals surface area contributed by atoms with Crippen molar-refractivity contribution >= 4 is 0 Å². The molecule has 54 valence electrons. The molecular formula is C8H17N. The van der Waals surface area contributed by atoms with Crippen LogP contribution in [0.15, 0.2) is 0 Å². The lowest BCUT2D eigenvalue weighted by molar-refractivity contribution is 0.257. The molecule has 0 radical (unpaired) electrons. The van der Waals surface area contributed by atoms with Gasteiger partial charge in [0.2, 0.25) is 0 Å². The molecule has 0 spiro atoms. The largest absolute Gasteiger partial charge is 0.306 e. The van der Waals surface area contributed by atoms with Gasteiger partial charge in [-0.2, -0.15) is 0 Å². The van der Waals surface area contributed by atoms with Crippen LogP contribution in [0, 0.1) is 5.92 Å². The van der Waals surface area contributed by atoms with Crippen LogP contribution < -0.4 is 0 Å². The predicted octanol–water partition coefficient (Wildman–Crippen LogP) is 1.74. The Labute approximate surface area is 58.0 Å². The Morgan fingerprint density at radius 1 is 1.44 bits per heavy atom. The van der Waals surface area contributed by atoms with Gasteiger partial charge < -0.3 is 4.90 Å². The van der Waals surface area contributed by atoms with E-state index in [4.69, 9.17) is 0 Å². The van der Waals surface area contributed by atoms with Gasteiger partial charge in [-0.05, 0) is 39.3 Å². The fraction of sp³-hybridized carbons (Fsp3) is 1.00. The van der Waals surface area contributed by atoms with Crippen molar-refractivity contribution in [3.63, 3.8) is 0 Å². The van der Waals surface area contributed by atoms with Gasteiger partial charge in [0.15, 0.2) is 0 Å². The van der Waals surface area contributed by atoms with Crippen LogP contribution >= 0.6 is 0 Å². The zero-order chi connectivity index (χ0) is 6.85. The van der Waals surface area contributed by atoms with Crippen molar-refractivity contribution in [3.05, 3.63) is 0 Å². The van der Waals surface area contributed by atoms with Crippen LogP contribution in [0.3, 0.4) is 0 Å². The summed E-state index contributed by atoms with van der Waals surface area (Å²) in [5, 5.41) is 0. The first-order valence-electron chi connectivity index (χ1n) is 3.92. The molecule has 0 unspecified atom stereocenters. The Morgan fingerprint density at radius 2 is 2.00 bits per heavy atom. The molecule has 1 aliphatic carbocycles. The molecule has 1 fully saturated rings. The van der Waals surface area contributed by atoms with E-state index in [-0.39, 0.29) is 0 Å². The average molecular weight is 127 g/mol. The molecule has 1 aliphatic rings. The maximum absolute atomic E-state index is 2.36. The van der Waals surface area contributed by atoms with Crippen molar-refractivity contribution in [1.29, 1.82) is 0 Å². The maximum atomic E-state index is 2.36. The summed E-state index contributed by atoms with van der Waals surface area (Å²) in [6.07, 6.45) is 4.26. The van der Waals surface area contributed by atoms with Crippen LogP contribution in [0.1, 0.15) is 26.2 Å². The predicted molar refractivity (Wildman–Crippen MR) is 40.5 cm³/mol. The summed E-state index contributed by atoms with van der Waals surface area (Å²) in [5.74, 6) is 1.03. The van der Waals surface area contributed by atoms with Gasteiger partial charge in [0, 0.05) is 6.04 Å². The molecule has 1 heteroatoms. The fourth-order valence-electron chi connectivity index (χ4n) is 1.60. The van der Waals surface area contributed by atoms with Crippen molar-refractivity contribution in [2.24, 2.45) is 5.92 Å². The molecular weight excluding hydrogens is 110 g/mol. The lowest BCUT2D eigenvalue weighted by atomic mass is 10.1. The molecule has 1 nitrogen and oxygen atoms in total. The van der Waals surface area contributed by atoms with Gasteiger partial charge in [0.05, 0.1) is 0 Å². The maximum Gasteiger partial charge on any atom is 0.0115 e. The Balaban J connectivity index is 2.28. The highest BCUT2D eigenvalue weighted by atomic mass is 15.1. The zero-order valence-corrected chi connectivity index (χ0v) is 6.72. The second-order valence-electron chi connectivity index (χ2n) is 3.28. The third kappa shape index (κ3) is 1.68. The number of hydrogen-bond donors (Lipinski definition) is 0. The van der Waals surface area contributed by atoms with Crippen LogP contribution in [0.4, 0.5) is 0 Å². The van der Waals surface area contributed by atoms with Crippen LogP contribution in [-0.2, 0) is 0 Å². The smallest absolute Gasteiger partial charge is 0.0115 e. The summed E-state index contributed by atoms with van der Waals surface area (Å²) >= 11 is 0. The Kier molecular flexibility index (Phi) is 2.12. The molecule has 0 bridgehead atoms. The van der Waals surface area contributed by atoms with Gasteiger partial charge in [-0.3, -0.25) is 0 Å². The van der Waals surface area contributed by atoms with Crippen LogP contribution in [-0.4, -0.2) is 25.0 Å². The second-order valence-corrected chi connectivity index (χ2v) is 3.28. The molecule has 0 N–H and O–H groups in total. The minimum absolute atomic E-state index is 0.866. The molecule has 0 aromatic carbocycles. The zero-order valence-electron chi connectivity index (χ0n) is 6.72. The summed E-state index contributed by atoms with van der Waals surface area (Å²) in [6.45, 7) is 2.28. The van der Waals surface area contributed by atoms with E-state index in [0.717, 1.165) is 12.0 Å². The molecule has 1 rings (SSSR count). The number of rotatable bonds is 3. The van der Waals surface area contributed by atoms with Crippen LogP contribution in [0.2, 0.25) is 0 Å². The third-order valence-electron chi connectivity index (χ3n) is 2.25. The summed E-state index contributed by atoms with van der Waals surface area (Å²) in [7, 11) is 4.37. The van der Waals surface area contributed by atoms with Gasteiger partial charge in [-0.15, -0.1) is 0 Å². The topological polar surface area (TPSA) is 3.24 Å². The minimum atomic E-state index is 0.866. The monoisotopic (exact) mass is 127 g/mol. The van der Waals surface area contributed by atoms with E-state index >= 15 is 0 Å². The normalized spacial score (nSPS) is 22.7. The van der Waals surface area contributed by atoms with E-state index < -0.39 is 0 Å². The Bertz CT molecular complexity index is 82.6. The Hall–Kier alpha value is -0.0400. The van der Waals surface area contributed by atoms with Gasteiger partial charge in [-0.25, -0.2) is 0 Å². The molecule has 0 aromatic rings. The van der Waals surface area contributed by atoms with Gasteiger partial charge in [-0.1, -0.05) is 6.92 Å². The standard InChI is InChI=1S/C8H17N/c1-4-8(9(2)3)7-5-6-7/h7-8H,4-6H2,1-3H3/t8-/m0/s1. The van der Waals surface area contributed by atoms with Gasteiger partial charge in [0.1, 0.15) is 0 Å². The molecule has 0 aromatic heterocycles. The highest BCUT2D eigenvalue weighted by molar-refractivity contribution is 4.84. The number of nitrogens with zero attached hydrogens (tertiary/aromatic N) is 1. The van der Waals surface area contributed by atoms with Crippen LogP contribution in [0.25, 0.3) is 0 Å². The van der Waals surface area contributed by atoms with Crippen molar-refractivity contribution in [1.82, 2.24) is 4.90 Å². The molecule has 1 atom stereocenters. The molecule has 0 heterocycles. The summed E-state index contributed by atoms with van der Waals surface area (Å²) in [4.78, 5) is 2.36. The fourth-order valence-corrected chi connectivity index (χ4v) is 1.60. The molecule has 0 saturated heterocycles. The summed E-state index contributed by atoms with van der Waals surface area (Å²) in [5.41, 5.74) is 0. The average Bonchev–Trinajstić information content (AvgIpc) is 2.50. The van der Waals surface area contributed by atoms with Crippen molar-refractivity contribution < 1.29 is 0 Å². The number of hydrogen-bond acceptors (Lipinski definition) is 1. The molecule has 1 saturated carbocycles. The summed E-state index contributed by atoms with van der Waals surface area (Å²) < 4.78 is 0.